The van der Waals surface area contributed by atoms with Crippen molar-refractivity contribution in [1.82, 2.24) is 0 Å². The van der Waals surface area contributed by atoms with E-state index in [2.05, 4.69) is 0 Å². The number of ether oxygens (including phenoxy) is 1. The summed E-state index contributed by atoms with van der Waals surface area (Å²) in [5.74, 6) is 0.0566. The summed E-state index contributed by atoms with van der Waals surface area (Å²) in [7, 11) is 0. The molecule has 2 rings (SSSR count). The van der Waals surface area contributed by atoms with Crippen LogP contribution in [0.2, 0.25) is 0 Å². The van der Waals surface area contributed by atoms with Gasteiger partial charge in [0.1, 0.15) is 0 Å². The first-order valence-electron chi connectivity index (χ1n) is 6.52. The maximum absolute atomic E-state index is 12.0. The number of nitrogens with zero attached hydrogens (tertiary/aromatic N) is 1. The van der Waals surface area contributed by atoms with E-state index >= 15 is 0 Å². The highest BCUT2D eigenvalue weighted by atomic mass is 16.6. The minimum Gasteiger partial charge on any atom is -0.466 e. The van der Waals surface area contributed by atoms with Crippen LogP contribution in [0.5, 0.6) is 0 Å². The van der Waals surface area contributed by atoms with E-state index < -0.39 is 4.92 Å². The van der Waals surface area contributed by atoms with Crippen molar-refractivity contribution >= 4 is 11.7 Å². The standard InChI is InChI=1S/C14H17NO4/c1-2-19-14(16)13(9-10-3-4-10)11-5-7-12(8-6-11)15(17)18/h5-8,10,13H,2-4,9H2,1H3. The minimum atomic E-state index is -0.440. The number of nitro groups is 1. The molecule has 1 aliphatic rings. The second-order valence-electron chi connectivity index (χ2n) is 4.83. The molecule has 0 N–H and O–H groups in total. The smallest absolute Gasteiger partial charge is 0.313 e. The molecule has 1 aromatic rings. The molecule has 0 radical (unpaired) electrons. The molecular formula is C14H17NO4. The molecule has 0 saturated heterocycles. The van der Waals surface area contributed by atoms with Crippen LogP contribution in [0.1, 0.15) is 37.7 Å². The fraction of sp³-hybridized carbons (Fsp3) is 0.500. The minimum absolute atomic E-state index is 0.0396. The molecule has 0 aromatic heterocycles. The number of rotatable bonds is 6. The molecule has 1 aromatic carbocycles. The summed E-state index contributed by atoms with van der Waals surface area (Å²) in [5.41, 5.74) is 0.841. The zero-order valence-electron chi connectivity index (χ0n) is 10.9. The van der Waals surface area contributed by atoms with Crippen LogP contribution in [0.4, 0.5) is 5.69 Å². The van der Waals surface area contributed by atoms with E-state index in [0.29, 0.717) is 12.5 Å². The van der Waals surface area contributed by atoms with Crippen molar-refractivity contribution < 1.29 is 14.5 Å². The summed E-state index contributed by atoms with van der Waals surface area (Å²) in [4.78, 5) is 22.1. The lowest BCUT2D eigenvalue weighted by Crippen LogP contribution is -2.16. The topological polar surface area (TPSA) is 69.4 Å². The van der Waals surface area contributed by atoms with E-state index in [0.717, 1.165) is 24.8 Å². The van der Waals surface area contributed by atoms with Gasteiger partial charge in [-0.2, -0.15) is 0 Å². The monoisotopic (exact) mass is 263 g/mol. The van der Waals surface area contributed by atoms with Gasteiger partial charge in [0, 0.05) is 12.1 Å². The van der Waals surface area contributed by atoms with E-state index in [9.17, 15) is 14.9 Å². The Kier molecular flexibility index (Phi) is 4.14. The number of nitro benzene ring substituents is 1. The molecule has 19 heavy (non-hydrogen) atoms. The number of hydrogen-bond acceptors (Lipinski definition) is 4. The van der Waals surface area contributed by atoms with Gasteiger partial charge in [-0.25, -0.2) is 0 Å². The number of carbonyl (C=O) groups excluding carboxylic acids is 1. The van der Waals surface area contributed by atoms with Gasteiger partial charge in [0.05, 0.1) is 17.4 Å². The van der Waals surface area contributed by atoms with Gasteiger partial charge in [-0.05, 0) is 24.8 Å². The summed E-state index contributed by atoms with van der Waals surface area (Å²) < 4.78 is 5.09. The molecule has 1 unspecified atom stereocenters. The van der Waals surface area contributed by atoms with Crippen molar-refractivity contribution in [3.63, 3.8) is 0 Å². The van der Waals surface area contributed by atoms with E-state index in [-0.39, 0.29) is 17.6 Å². The lowest BCUT2D eigenvalue weighted by molar-refractivity contribution is -0.384. The Morgan fingerprint density at radius 3 is 2.53 bits per heavy atom. The van der Waals surface area contributed by atoms with Crippen molar-refractivity contribution in [1.29, 1.82) is 0 Å². The van der Waals surface area contributed by atoms with E-state index in [1.807, 2.05) is 0 Å². The lowest BCUT2D eigenvalue weighted by Gasteiger charge is -2.15. The molecule has 5 heteroatoms. The molecule has 1 aliphatic carbocycles. The van der Waals surface area contributed by atoms with Gasteiger partial charge in [-0.1, -0.05) is 25.0 Å². The van der Waals surface area contributed by atoms with Gasteiger partial charge in [0.15, 0.2) is 0 Å². The zero-order valence-corrected chi connectivity index (χ0v) is 10.9. The molecule has 0 spiro atoms. The summed E-state index contributed by atoms with van der Waals surface area (Å²) in [6, 6.07) is 6.19. The summed E-state index contributed by atoms with van der Waals surface area (Å²) in [5, 5.41) is 10.6. The third-order valence-corrected chi connectivity index (χ3v) is 3.34. The van der Waals surface area contributed by atoms with Gasteiger partial charge in [0.2, 0.25) is 0 Å². The zero-order chi connectivity index (χ0) is 13.8. The fourth-order valence-electron chi connectivity index (χ4n) is 2.13. The van der Waals surface area contributed by atoms with Crippen LogP contribution in [0.25, 0.3) is 0 Å². The maximum Gasteiger partial charge on any atom is 0.313 e. The Bertz CT molecular complexity index is 465. The van der Waals surface area contributed by atoms with Crippen LogP contribution < -0.4 is 0 Å². The summed E-state index contributed by atoms with van der Waals surface area (Å²) >= 11 is 0. The maximum atomic E-state index is 12.0. The van der Waals surface area contributed by atoms with Crippen LogP contribution in [-0.4, -0.2) is 17.5 Å². The van der Waals surface area contributed by atoms with Gasteiger partial charge < -0.3 is 4.74 Å². The van der Waals surface area contributed by atoms with Crippen molar-refractivity contribution in [3.8, 4) is 0 Å². The third-order valence-electron chi connectivity index (χ3n) is 3.34. The second kappa shape index (κ2) is 5.82. The molecule has 102 valence electrons. The van der Waals surface area contributed by atoms with E-state index in [1.165, 1.54) is 12.1 Å². The van der Waals surface area contributed by atoms with Crippen LogP contribution in [0.3, 0.4) is 0 Å². The highest BCUT2D eigenvalue weighted by molar-refractivity contribution is 5.78. The highest BCUT2D eigenvalue weighted by Crippen LogP contribution is 2.39. The number of carbonyl (C=O) groups is 1. The first-order chi connectivity index (χ1) is 9.11. The number of hydrogen-bond donors (Lipinski definition) is 0. The van der Waals surface area contributed by atoms with Gasteiger partial charge in [-0.3, -0.25) is 14.9 Å². The van der Waals surface area contributed by atoms with Crippen molar-refractivity contribution in [2.45, 2.75) is 32.1 Å². The molecule has 1 fully saturated rings. The van der Waals surface area contributed by atoms with Crippen LogP contribution >= 0.6 is 0 Å². The molecule has 5 nitrogen and oxygen atoms in total. The number of non-ortho nitro benzene ring substituents is 1. The van der Waals surface area contributed by atoms with Crippen LogP contribution in [0.15, 0.2) is 24.3 Å². The third kappa shape index (κ3) is 3.53. The van der Waals surface area contributed by atoms with Gasteiger partial charge in [-0.15, -0.1) is 0 Å². The summed E-state index contributed by atoms with van der Waals surface area (Å²) in [6.07, 6.45) is 3.09. The normalized spacial score (nSPS) is 15.8. The Labute approximate surface area is 111 Å². The Hall–Kier alpha value is -1.91. The largest absolute Gasteiger partial charge is 0.466 e. The average molecular weight is 263 g/mol. The number of benzene rings is 1. The molecule has 1 saturated carbocycles. The molecule has 0 aliphatic heterocycles. The van der Waals surface area contributed by atoms with Crippen LogP contribution in [-0.2, 0) is 9.53 Å². The molecule has 0 heterocycles. The van der Waals surface area contributed by atoms with Crippen molar-refractivity contribution in [2.24, 2.45) is 5.92 Å². The Morgan fingerprint density at radius 2 is 2.05 bits per heavy atom. The van der Waals surface area contributed by atoms with Crippen molar-refractivity contribution in [3.05, 3.63) is 39.9 Å². The van der Waals surface area contributed by atoms with Gasteiger partial charge in [0.25, 0.3) is 5.69 Å². The molecular weight excluding hydrogens is 246 g/mol. The number of esters is 1. The van der Waals surface area contributed by atoms with E-state index in [4.69, 9.17) is 4.74 Å². The first-order valence-corrected chi connectivity index (χ1v) is 6.52. The molecule has 0 bridgehead atoms. The van der Waals surface area contributed by atoms with Crippen LogP contribution in [0, 0.1) is 16.0 Å². The predicted molar refractivity (Wildman–Crippen MR) is 69.8 cm³/mol. The summed E-state index contributed by atoms with van der Waals surface area (Å²) in [6.45, 7) is 2.13. The fourth-order valence-corrected chi connectivity index (χ4v) is 2.13. The Balaban J connectivity index is 2.16. The average Bonchev–Trinajstić information content (AvgIpc) is 3.20. The molecule has 0 amide bonds. The molecule has 1 atom stereocenters. The Morgan fingerprint density at radius 1 is 1.42 bits per heavy atom. The van der Waals surface area contributed by atoms with E-state index in [1.54, 1.807) is 19.1 Å². The quantitative estimate of drug-likeness (QED) is 0.449. The van der Waals surface area contributed by atoms with Gasteiger partial charge >= 0.3 is 5.97 Å². The van der Waals surface area contributed by atoms with Crippen molar-refractivity contribution in [2.75, 3.05) is 6.61 Å². The predicted octanol–water partition coefficient (Wildman–Crippen LogP) is 3.04. The highest BCUT2D eigenvalue weighted by Gasteiger charge is 2.31. The lowest BCUT2D eigenvalue weighted by atomic mass is 9.93. The first kappa shape index (κ1) is 13.5. The SMILES string of the molecule is CCOC(=O)C(CC1CC1)c1ccc([N+](=O)[O-])cc1. The second-order valence-corrected chi connectivity index (χ2v) is 4.83.